The Bertz CT molecular complexity index is 506. The molecule has 6 heteroatoms. The van der Waals surface area contributed by atoms with E-state index >= 15 is 0 Å². The molecule has 0 aliphatic carbocycles. The molecule has 2 aromatic rings. The largest absolute Gasteiger partial charge is 0.294 e. The third kappa shape index (κ3) is 1.69. The van der Waals surface area contributed by atoms with Crippen molar-refractivity contribution >= 4 is 5.69 Å². The smallest absolute Gasteiger partial charge is 0.258 e. The van der Waals surface area contributed by atoms with Crippen LogP contribution in [0.4, 0.5) is 5.69 Å². The molecule has 0 aliphatic heterocycles. The highest BCUT2D eigenvalue weighted by Gasteiger charge is 2.14. The molecule has 0 radical (unpaired) electrons. The molecule has 0 unspecified atom stereocenters. The number of aryl methyl sites for hydroxylation is 1. The molecule has 15 heavy (non-hydrogen) atoms. The molecule has 0 spiro atoms. The molecular formula is C9H8N4O2. The minimum absolute atomic E-state index is 0.0161. The predicted molar refractivity (Wildman–Crippen MR) is 52.8 cm³/mol. The first-order valence-electron chi connectivity index (χ1n) is 4.30. The first-order valence-corrected chi connectivity index (χ1v) is 4.30. The van der Waals surface area contributed by atoms with E-state index in [1.165, 1.54) is 17.1 Å². The van der Waals surface area contributed by atoms with E-state index in [4.69, 9.17) is 0 Å². The molecule has 76 valence electrons. The van der Waals surface area contributed by atoms with E-state index in [-0.39, 0.29) is 5.69 Å². The number of nitro groups is 1. The van der Waals surface area contributed by atoms with Crippen molar-refractivity contribution < 1.29 is 4.92 Å². The molecule has 1 heterocycles. The summed E-state index contributed by atoms with van der Waals surface area (Å²) in [5.74, 6) is 0.577. The van der Waals surface area contributed by atoms with Gasteiger partial charge in [-0.1, -0.05) is 12.1 Å². The molecule has 0 atom stereocenters. The highest BCUT2D eigenvalue weighted by molar-refractivity contribution is 5.51. The van der Waals surface area contributed by atoms with Gasteiger partial charge in [0, 0.05) is 6.07 Å². The van der Waals surface area contributed by atoms with Crippen molar-refractivity contribution in [2.24, 2.45) is 0 Å². The zero-order valence-corrected chi connectivity index (χ0v) is 7.99. The SMILES string of the molecule is Cc1ncn(-c2ccccc2[N+](=O)[O-])n1. The zero-order chi connectivity index (χ0) is 10.8. The lowest BCUT2D eigenvalue weighted by Crippen LogP contribution is -2.00. The van der Waals surface area contributed by atoms with E-state index in [0.717, 1.165) is 0 Å². The zero-order valence-electron chi connectivity index (χ0n) is 7.99. The molecule has 1 aromatic carbocycles. The van der Waals surface area contributed by atoms with Gasteiger partial charge >= 0.3 is 0 Å². The summed E-state index contributed by atoms with van der Waals surface area (Å²) in [4.78, 5) is 14.2. The van der Waals surface area contributed by atoms with Crippen molar-refractivity contribution in [1.29, 1.82) is 0 Å². The summed E-state index contributed by atoms with van der Waals surface area (Å²) in [6.45, 7) is 1.73. The maximum atomic E-state index is 10.7. The topological polar surface area (TPSA) is 73.8 Å². The van der Waals surface area contributed by atoms with Gasteiger partial charge in [0.15, 0.2) is 0 Å². The molecule has 0 fully saturated rings. The number of hydrogen-bond donors (Lipinski definition) is 0. The van der Waals surface area contributed by atoms with Crippen molar-refractivity contribution in [3.05, 3.63) is 46.5 Å². The summed E-state index contributed by atoms with van der Waals surface area (Å²) < 4.78 is 1.40. The van der Waals surface area contributed by atoms with Gasteiger partial charge in [-0.05, 0) is 13.0 Å². The van der Waals surface area contributed by atoms with Crippen LogP contribution in [0.15, 0.2) is 30.6 Å². The maximum absolute atomic E-state index is 10.7. The van der Waals surface area contributed by atoms with Crippen LogP contribution in [0, 0.1) is 17.0 Å². The number of hydrogen-bond acceptors (Lipinski definition) is 4. The molecule has 0 amide bonds. The second-order valence-corrected chi connectivity index (χ2v) is 2.98. The minimum Gasteiger partial charge on any atom is -0.258 e. The lowest BCUT2D eigenvalue weighted by molar-refractivity contribution is -0.384. The summed E-state index contributed by atoms with van der Waals surface area (Å²) in [5.41, 5.74) is 0.436. The number of para-hydroxylation sites is 2. The highest BCUT2D eigenvalue weighted by Crippen LogP contribution is 2.20. The lowest BCUT2D eigenvalue weighted by atomic mass is 10.3. The number of rotatable bonds is 2. The molecule has 0 aliphatic rings. The van der Waals surface area contributed by atoms with Crippen LogP contribution in [-0.2, 0) is 0 Å². The third-order valence-electron chi connectivity index (χ3n) is 1.93. The first-order chi connectivity index (χ1) is 7.18. The lowest BCUT2D eigenvalue weighted by Gasteiger charge is -2.00. The summed E-state index contributed by atoms with van der Waals surface area (Å²) in [6, 6.07) is 6.41. The van der Waals surface area contributed by atoms with Gasteiger partial charge in [0.2, 0.25) is 0 Å². The van der Waals surface area contributed by atoms with Gasteiger partial charge in [-0.15, -0.1) is 0 Å². The van der Waals surface area contributed by atoms with E-state index in [9.17, 15) is 10.1 Å². The number of aromatic nitrogens is 3. The highest BCUT2D eigenvalue weighted by atomic mass is 16.6. The fourth-order valence-electron chi connectivity index (χ4n) is 1.27. The van der Waals surface area contributed by atoms with Crippen LogP contribution in [0.3, 0.4) is 0 Å². The summed E-state index contributed by atoms with van der Waals surface area (Å²) in [7, 11) is 0. The Labute approximate surface area is 85.3 Å². The van der Waals surface area contributed by atoms with Crippen molar-refractivity contribution in [3.8, 4) is 5.69 Å². The minimum atomic E-state index is -0.438. The molecule has 0 saturated heterocycles. The van der Waals surface area contributed by atoms with Gasteiger partial charge in [0.1, 0.15) is 17.8 Å². The quantitative estimate of drug-likeness (QED) is 0.548. The summed E-state index contributed by atoms with van der Waals surface area (Å²) in [5, 5.41) is 14.8. The Hall–Kier alpha value is -2.24. The normalized spacial score (nSPS) is 10.2. The standard InChI is InChI=1S/C9H8N4O2/c1-7-10-6-12(11-7)8-4-2-3-5-9(8)13(14)15/h2-6H,1H3. The number of nitro benzene ring substituents is 1. The van der Waals surface area contributed by atoms with Crippen LogP contribution >= 0.6 is 0 Å². The van der Waals surface area contributed by atoms with Gasteiger partial charge in [0.05, 0.1) is 4.92 Å². The van der Waals surface area contributed by atoms with Crippen molar-refractivity contribution in [3.63, 3.8) is 0 Å². The van der Waals surface area contributed by atoms with Crippen LogP contribution in [0.25, 0.3) is 5.69 Å². The first kappa shape index (κ1) is 9.32. The number of benzene rings is 1. The Morgan fingerprint density at radius 2 is 2.13 bits per heavy atom. The molecule has 0 bridgehead atoms. The molecule has 1 aromatic heterocycles. The Balaban J connectivity index is 2.57. The van der Waals surface area contributed by atoms with Crippen molar-refractivity contribution in [1.82, 2.24) is 14.8 Å². The van der Waals surface area contributed by atoms with E-state index in [1.807, 2.05) is 0 Å². The molecule has 0 N–H and O–H groups in total. The van der Waals surface area contributed by atoms with Gasteiger partial charge < -0.3 is 0 Å². The van der Waals surface area contributed by atoms with Gasteiger partial charge in [-0.2, -0.15) is 5.10 Å². The fourth-order valence-corrected chi connectivity index (χ4v) is 1.27. The van der Waals surface area contributed by atoms with Gasteiger partial charge in [-0.25, -0.2) is 9.67 Å². The van der Waals surface area contributed by atoms with Crippen LogP contribution in [0.1, 0.15) is 5.82 Å². The monoisotopic (exact) mass is 204 g/mol. The fraction of sp³-hybridized carbons (Fsp3) is 0.111. The summed E-state index contributed by atoms with van der Waals surface area (Å²) in [6.07, 6.45) is 1.46. The second kappa shape index (κ2) is 3.49. The van der Waals surface area contributed by atoms with E-state index < -0.39 is 4.92 Å². The van der Waals surface area contributed by atoms with Gasteiger partial charge in [0.25, 0.3) is 5.69 Å². The molecular weight excluding hydrogens is 196 g/mol. The average Bonchev–Trinajstić information content (AvgIpc) is 2.65. The van der Waals surface area contributed by atoms with Crippen molar-refractivity contribution in [2.45, 2.75) is 6.92 Å². The molecule has 6 nitrogen and oxygen atoms in total. The maximum Gasteiger partial charge on any atom is 0.294 e. The third-order valence-corrected chi connectivity index (χ3v) is 1.93. The van der Waals surface area contributed by atoms with Crippen LogP contribution in [-0.4, -0.2) is 19.7 Å². The molecule has 0 saturated carbocycles. The Morgan fingerprint density at radius 3 is 2.73 bits per heavy atom. The molecule has 2 rings (SSSR count). The van der Waals surface area contributed by atoms with E-state index in [2.05, 4.69) is 10.1 Å². The van der Waals surface area contributed by atoms with Gasteiger partial charge in [-0.3, -0.25) is 10.1 Å². The average molecular weight is 204 g/mol. The van der Waals surface area contributed by atoms with Crippen LogP contribution in [0.2, 0.25) is 0 Å². The number of nitrogens with zero attached hydrogens (tertiary/aromatic N) is 4. The van der Waals surface area contributed by atoms with Crippen LogP contribution < -0.4 is 0 Å². The second-order valence-electron chi connectivity index (χ2n) is 2.98. The predicted octanol–water partition coefficient (Wildman–Crippen LogP) is 1.48. The Kier molecular flexibility index (Phi) is 2.17. The van der Waals surface area contributed by atoms with E-state index in [1.54, 1.807) is 25.1 Å². The van der Waals surface area contributed by atoms with Crippen LogP contribution in [0.5, 0.6) is 0 Å². The Morgan fingerprint density at radius 1 is 1.40 bits per heavy atom. The van der Waals surface area contributed by atoms with Crippen molar-refractivity contribution in [2.75, 3.05) is 0 Å². The summed E-state index contributed by atoms with van der Waals surface area (Å²) >= 11 is 0. The van der Waals surface area contributed by atoms with E-state index in [0.29, 0.717) is 11.5 Å².